The third-order valence-corrected chi connectivity index (χ3v) is 4.56. The summed E-state index contributed by atoms with van der Waals surface area (Å²) in [4.78, 5) is 27.0. The number of aryl methyl sites for hydroxylation is 1. The van der Waals surface area contributed by atoms with Crippen molar-refractivity contribution in [3.05, 3.63) is 34.2 Å². The van der Waals surface area contributed by atoms with Gasteiger partial charge in [0.25, 0.3) is 5.56 Å². The van der Waals surface area contributed by atoms with Gasteiger partial charge in [0.1, 0.15) is 5.69 Å². The molecule has 28 heavy (non-hydrogen) atoms. The predicted molar refractivity (Wildman–Crippen MR) is 101 cm³/mol. The molecule has 2 N–H and O–H groups in total. The van der Waals surface area contributed by atoms with Gasteiger partial charge in [-0.2, -0.15) is 0 Å². The Balaban J connectivity index is 1.60. The van der Waals surface area contributed by atoms with Crippen LogP contribution in [0.25, 0.3) is 11.4 Å². The second kappa shape index (κ2) is 9.32. The van der Waals surface area contributed by atoms with Crippen molar-refractivity contribution in [2.24, 2.45) is 0 Å². The third kappa shape index (κ3) is 4.86. The highest BCUT2D eigenvalue weighted by Crippen LogP contribution is 2.30. The van der Waals surface area contributed by atoms with Crippen LogP contribution in [0.2, 0.25) is 0 Å². The molecule has 2 heterocycles. The summed E-state index contributed by atoms with van der Waals surface area (Å²) < 4.78 is 15.9. The van der Waals surface area contributed by atoms with E-state index in [0.717, 1.165) is 19.4 Å². The Kier molecular flexibility index (Phi) is 6.59. The van der Waals surface area contributed by atoms with Crippen LogP contribution in [0.4, 0.5) is 0 Å². The zero-order valence-corrected chi connectivity index (χ0v) is 16.0. The van der Waals surface area contributed by atoms with E-state index in [9.17, 15) is 9.59 Å². The predicted octanol–water partition coefficient (Wildman–Crippen LogP) is 1.08. The van der Waals surface area contributed by atoms with Gasteiger partial charge in [-0.15, -0.1) is 10.2 Å². The topological polar surface area (TPSA) is 115 Å². The first-order chi connectivity index (χ1) is 13.6. The van der Waals surface area contributed by atoms with Crippen molar-refractivity contribution in [3.8, 4) is 22.9 Å². The summed E-state index contributed by atoms with van der Waals surface area (Å²) >= 11 is 0. The minimum Gasteiger partial charge on any atom is -0.493 e. The molecule has 1 aliphatic rings. The zero-order valence-electron chi connectivity index (χ0n) is 16.0. The number of hydrogen-bond acceptors (Lipinski definition) is 7. The van der Waals surface area contributed by atoms with Gasteiger partial charge in [0.05, 0.1) is 20.3 Å². The van der Waals surface area contributed by atoms with Gasteiger partial charge in [-0.05, 0) is 31.0 Å². The molecule has 1 aliphatic heterocycles. The van der Waals surface area contributed by atoms with Crippen LogP contribution >= 0.6 is 0 Å². The molecule has 1 fully saturated rings. The van der Waals surface area contributed by atoms with Gasteiger partial charge in [-0.25, -0.2) is 0 Å². The number of H-pyrrole nitrogens is 1. The van der Waals surface area contributed by atoms with E-state index >= 15 is 0 Å². The molecule has 1 aromatic heterocycles. The second-order valence-corrected chi connectivity index (χ2v) is 6.46. The van der Waals surface area contributed by atoms with E-state index in [1.165, 1.54) is 7.11 Å². The normalized spacial score (nSPS) is 16.0. The third-order valence-electron chi connectivity index (χ3n) is 4.56. The SMILES string of the molecule is COc1ccc(-c2nnc(CCC(=O)NCC3CCCO3)c(=O)[nH]2)cc1OC. The smallest absolute Gasteiger partial charge is 0.273 e. The average Bonchev–Trinajstić information content (AvgIpc) is 3.24. The first kappa shape index (κ1) is 19.8. The number of ether oxygens (including phenoxy) is 3. The van der Waals surface area contributed by atoms with E-state index in [0.29, 0.717) is 29.4 Å². The van der Waals surface area contributed by atoms with E-state index in [4.69, 9.17) is 14.2 Å². The Bertz CT molecular complexity index is 877. The van der Waals surface area contributed by atoms with Crippen LogP contribution < -0.4 is 20.3 Å². The summed E-state index contributed by atoms with van der Waals surface area (Å²) in [5.41, 5.74) is 0.492. The Morgan fingerprint density at radius 2 is 2.11 bits per heavy atom. The molecule has 1 amide bonds. The number of benzene rings is 1. The van der Waals surface area contributed by atoms with Crippen molar-refractivity contribution < 1.29 is 19.0 Å². The van der Waals surface area contributed by atoms with Gasteiger partial charge in [0.2, 0.25) is 5.91 Å². The minimum absolute atomic E-state index is 0.0907. The van der Waals surface area contributed by atoms with E-state index < -0.39 is 0 Å². The van der Waals surface area contributed by atoms with E-state index in [2.05, 4.69) is 20.5 Å². The highest BCUT2D eigenvalue weighted by atomic mass is 16.5. The van der Waals surface area contributed by atoms with E-state index in [1.54, 1.807) is 25.3 Å². The molecule has 150 valence electrons. The molecule has 0 spiro atoms. The van der Waals surface area contributed by atoms with Gasteiger partial charge in [0.15, 0.2) is 17.3 Å². The van der Waals surface area contributed by atoms with Crippen molar-refractivity contribution in [3.63, 3.8) is 0 Å². The highest BCUT2D eigenvalue weighted by Gasteiger charge is 2.16. The Morgan fingerprint density at radius 3 is 2.79 bits per heavy atom. The molecule has 0 radical (unpaired) electrons. The quantitative estimate of drug-likeness (QED) is 0.695. The van der Waals surface area contributed by atoms with Crippen LogP contribution in [0.5, 0.6) is 11.5 Å². The van der Waals surface area contributed by atoms with Crippen LogP contribution in [0.15, 0.2) is 23.0 Å². The van der Waals surface area contributed by atoms with Crippen molar-refractivity contribution in [2.75, 3.05) is 27.4 Å². The number of rotatable bonds is 8. The molecular weight excluding hydrogens is 364 g/mol. The Morgan fingerprint density at radius 1 is 1.29 bits per heavy atom. The van der Waals surface area contributed by atoms with E-state index in [-0.39, 0.29) is 36.1 Å². The summed E-state index contributed by atoms with van der Waals surface area (Å²) in [7, 11) is 3.08. The molecule has 0 saturated carbocycles. The molecule has 1 atom stereocenters. The number of amides is 1. The van der Waals surface area contributed by atoms with Gasteiger partial charge in [-0.3, -0.25) is 9.59 Å². The Hall–Kier alpha value is -2.94. The molecule has 0 bridgehead atoms. The molecule has 1 unspecified atom stereocenters. The summed E-state index contributed by atoms with van der Waals surface area (Å²) in [6, 6.07) is 5.18. The Labute approximate surface area is 162 Å². The van der Waals surface area contributed by atoms with Crippen LogP contribution in [-0.4, -0.2) is 54.6 Å². The molecule has 2 aromatic rings. The van der Waals surface area contributed by atoms with Crippen LogP contribution in [0, 0.1) is 0 Å². The molecule has 0 aliphatic carbocycles. The number of aromatic amines is 1. The van der Waals surface area contributed by atoms with Crippen LogP contribution in [-0.2, 0) is 16.0 Å². The first-order valence-electron chi connectivity index (χ1n) is 9.17. The standard InChI is InChI=1S/C19H24N4O5/c1-26-15-7-5-12(10-16(15)27-2)18-21-19(25)14(22-23-18)6-8-17(24)20-11-13-4-3-9-28-13/h5,7,10,13H,3-4,6,8-9,11H2,1-2H3,(H,20,24)(H,21,23,25). The summed E-state index contributed by atoms with van der Waals surface area (Å²) in [5, 5.41) is 10.9. The van der Waals surface area contributed by atoms with Crippen molar-refractivity contribution >= 4 is 5.91 Å². The molecule has 3 rings (SSSR count). The molecule has 1 aromatic carbocycles. The number of carbonyl (C=O) groups excluding carboxylic acids is 1. The van der Waals surface area contributed by atoms with Gasteiger partial charge >= 0.3 is 0 Å². The lowest BCUT2D eigenvalue weighted by Gasteiger charge is -2.10. The summed E-state index contributed by atoms with van der Waals surface area (Å²) in [5.74, 6) is 1.28. The maximum absolute atomic E-state index is 12.3. The minimum atomic E-state index is -0.369. The monoisotopic (exact) mass is 388 g/mol. The molecule has 1 saturated heterocycles. The van der Waals surface area contributed by atoms with Crippen LogP contribution in [0.3, 0.4) is 0 Å². The number of aromatic nitrogens is 3. The lowest BCUT2D eigenvalue weighted by Crippen LogP contribution is -2.32. The number of nitrogens with one attached hydrogen (secondary N) is 2. The number of carbonyl (C=O) groups is 1. The van der Waals surface area contributed by atoms with E-state index in [1.807, 2.05) is 0 Å². The highest BCUT2D eigenvalue weighted by molar-refractivity contribution is 5.76. The zero-order chi connectivity index (χ0) is 19.9. The van der Waals surface area contributed by atoms with Crippen molar-refractivity contribution in [1.29, 1.82) is 0 Å². The maximum atomic E-state index is 12.3. The summed E-state index contributed by atoms with van der Waals surface area (Å²) in [6.45, 7) is 1.25. The number of methoxy groups -OCH3 is 2. The molecule has 9 nitrogen and oxygen atoms in total. The van der Waals surface area contributed by atoms with Crippen molar-refractivity contribution in [2.45, 2.75) is 31.8 Å². The fraction of sp³-hybridized carbons (Fsp3) is 0.474. The first-order valence-corrected chi connectivity index (χ1v) is 9.17. The van der Waals surface area contributed by atoms with Gasteiger partial charge < -0.3 is 24.5 Å². The van der Waals surface area contributed by atoms with Crippen LogP contribution in [0.1, 0.15) is 25.0 Å². The average molecular weight is 388 g/mol. The van der Waals surface area contributed by atoms with Gasteiger partial charge in [-0.1, -0.05) is 0 Å². The summed E-state index contributed by atoms with van der Waals surface area (Å²) in [6.07, 6.45) is 2.46. The lowest BCUT2D eigenvalue weighted by molar-refractivity contribution is -0.121. The maximum Gasteiger partial charge on any atom is 0.273 e. The number of nitrogens with zero attached hydrogens (tertiary/aromatic N) is 2. The fourth-order valence-electron chi connectivity index (χ4n) is 2.99. The second-order valence-electron chi connectivity index (χ2n) is 6.46. The number of hydrogen-bond donors (Lipinski definition) is 2. The van der Waals surface area contributed by atoms with Gasteiger partial charge in [0, 0.05) is 31.6 Å². The van der Waals surface area contributed by atoms with Crippen molar-refractivity contribution in [1.82, 2.24) is 20.5 Å². The fourth-order valence-corrected chi connectivity index (χ4v) is 2.99. The molecular formula is C19H24N4O5. The largest absolute Gasteiger partial charge is 0.493 e. The lowest BCUT2D eigenvalue weighted by atomic mass is 10.2. The molecule has 9 heteroatoms.